The van der Waals surface area contributed by atoms with Crippen molar-refractivity contribution < 1.29 is 26.8 Å². The molecule has 0 aliphatic heterocycles. The van der Waals surface area contributed by atoms with E-state index in [1.165, 1.54) is 67.6 Å². The molecule has 0 aromatic heterocycles. The molecule has 0 bridgehead atoms. The van der Waals surface area contributed by atoms with Crippen LogP contribution in [-0.2, 0) is 26.2 Å². The summed E-state index contributed by atoms with van der Waals surface area (Å²) in [5, 5.41) is 2.99. The summed E-state index contributed by atoms with van der Waals surface area (Å²) in [6, 6.07) is 17.4. The van der Waals surface area contributed by atoms with Crippen LogP contribution < -0.4 is 9.62 Å². The Kier molecular flexibility index (Phi) is 9.52. The largest absolute Gasteiger partial charge is 0.352 e. The topological polar surface area (TPSA) is 86.8 Å². The van der Waals surface area contributed by atoms with Gasteiger partial charge in [-0.15, -0.1) is 0 Å². The molecular weight excluding hydrogens is 536 g/mol. The minimum absolute atomic E-state index is 0.0255. The summed E-state index contributed by atoms with van der Waals surface area (Å²) >= 11 is 0. The maximum Gasteiger partial charge on any atom is 0.264 e. The SMILES string of the molecule is C[C@H](C(=O)NC1CCCCC1)N(Cc1ccccc1F)C(=O)CN(c1ccccc1F)S(=O)(=O)c1ccccc1. The van der Waals surface area contributed by atoms with Crippen molar-refractivity contribution in [1.29, 1.82) is 0 Å². The van der Waals surface area contributed by atoms with E-state index in [-0.39, 0.29) is 28.7 Å². The number of para-hydroxylation sites is 1. The number of halogens is 2. The fourth-order valence-corrected chi connectivity index (χ4v) is 6.29. The number of amides is 2. The van der Waals surface area contributed by atoms with Gasteiger partial charge in [0.1, 0.15) is 24.2 Å². The lowest BCUT2D eigenvalue weighted by Crippen LogP contribution is -2.53. The molecule has 3 aromatic carbocycles. The minimum Gasteiger partial charge on any atom is -0.352 e. The Morgan fingerprint density at radius 2 is 1.48 bits per heavy atom. The number of anilines is 1. The van der Waals surface area contributed by atoms with Crippen LogP contribution in [0.1, 0.15) is 44.6 Å². The zero-order valence-corrected chi connectivity index (χ0v) is 23.1. The summed E-state index contributed by atoms with van der Waals surface area (Å²) < 4.78 is 57.6. The second-order valence-corrected chi connectivity index (χ2v) is 11.8. The Morgan fingerprint density at radius 1 is 0.875 bits per heavy atom. The molecule has 10 heteroatoms. The number of rotatable bonds is 10. The summed E-state index contributed by atoms with van der Waals surface area (Å²) in [4.78, 5) is 28.1. The van der Waals surface area contributed by atoms with Crippen molar-refractivity contribution in [2.45, 2.75) is 62.6 Å². The quantitative estimate of drug-likeness (QED) is 0.371. The number of carbonyl (C=O) groups excluding carboxylic acids is 2. The Bertz CT molecular complexity index is 1430. The molecule has 40 heavy (non-hydrogen) atoms. The molecule has 0 saturated heterocycles. The molecule has 1 aliphatic carbocycles. The normalized spacial score (nSPS) is 14.8. The molecule has 1 saturated carbocycles. The number of carbonyl (C=O) groups is 2. The lowest BCUT2D eigenvalue weighted by molar-refractivity contribution is -0.139. The van der Waals surface area contributed by atoms with Gasteiger partial charge in [0.25, 0.3) is 10.0 Å². The second-order valence-electron chi connectivity index (χ2n) is 9.91. The van der Waals surface area contributed by atoms with E-state index in [0.29, 0.717) is 4.31 Å². The van der Waals surface area contributed by atoms with Gasteiger partial charge >= 0.3 is 0 Å². The molecule has 0 spiro atoms. The van der Waals surface area contributed by atoms with Crippen LogP contribution in [0.15, 0.2) is 83.8 Å². The fourth-order valence-electron chi connectivity index (χ4n) is 4.85. The van der Waals surface area contributed by atoms with Crippen molar-refractivity contribution in [2.75, 3.05) is 10.8 Å². The van der Waals surface area contributed by atoms with Crippen LogP contribution in [0.3, 0.4) is 0 Å². The molecule has 4 rings (SSSR count). The number of hydrogen-bond acceptors (Lipinski definition) is 4. The molecule has 2 amide bonds. The molecule has 0 unspecified atom stereocenters. The van der Waals surface area contributed by atoms with E-state index in [1.54, 1.807) is 12.1 Å². The highest BCUT2D eigenvalue weighted by Crippen LogP contribution is 2.27. The molecule has 212 valence electrons. The number of benzene rings is 3. The average molecular weight is 570 g/mol. The van der Waals surface area contributed by atoms with E-state index in [1.807, 2.05) is 0 Å². The van der Waals surface area contributed by atoms with Gasteiger partial charge in [-0.05, 0) is 50.1 Å². The Labute approximate surface area is 233 Å². The monoisotopic (exact) mass is 569 g/mol. The van der Waals surface area contributed by atoms with Gasteiger partial charge in [0, 0.05) is 18.2 Å². The summed E-state index contributed by atoms with van der Waals surface area (Å²) in [5.41, 5.74) is -0.152. The molecule has 0 radical (unpaired) electrons. The lowest BCUT2D eigenvalue weighted by Gasteiger charge is -2.33. The van der Waals surface area contributed by atoms with Gasteiger partial charge in [-0.2, -0.15) is 0 Å². The molecular formula is C30H33F2N3O4S. The molecule has 1 aliphatic rings. The van der Waals surface area contributed by atoms with E-state index in [4.69, 9.17) is 0 Å². The van der Waals surface area contributed by atoms with Gasteiger partial charge in [0.05, 0.1) is 10.6 Å². The van der Waals surface area contributed by atoms with Gasteiger partial charge < -0.3 is 10.2 Å². The zero-order valence-electron chi connectivity index (χ0n) is 22.3. The van der Waals surface area contributed by atoms with Gasteiger partial charge in [0.15, 0.2) is 0 Å². The second kappa shape index (κ2) is 13.0. The van der Waals surface area contributed by atoms with E-state index < -0.39 is 46.1 Å². The van der Waals surface area contributed by atoms with Crippen LogP contribution in [0.25, 0.3) is 0 Å². The minimum atomic E-state index is -4.38. The van der Waals surface area contributed by atoms with E-state index >= 15 is 0 Å². The summed E-state index contributed by atoms with van der Waals surface area (Å²) in [6.45, 7) is 0.449. The number of nitrogens with one attached hydrogen (secondary N) is 1. The van der Waals surface area contributed by atoms with Gasteiger partial charge in [0.2, 0.25) is 11.8 Å². The summed E-state index contributed by atoms with van der Waals surface area (Å²) in [5.74, 6) is -2.60. The maximum absolute atomic E-state index is 14.9. The standard InChI is InChI=1S/C30H33F2N3O4S/c1-22(30(37)33-24-13-4-2-5-14-24)34(20-23-12-8-9-17-26(23)31)29(36)21-35(28-19-11-10-18-27(28)32)40(38,39)25-15-6-3-7-16-25/h3,6-12,15-19,22,24H,2,4-5,13-14,20-21H2,1H3,(H,33,37)/t22-/m1/s1. The van der Waals surface area contributed by atoms with E-state index in [2.05, 4.69) is 5.32 Å². The first-order valence-electron chi connectivity index (χ1n) is 13.3. The molecule has 7 nitrogen and oxygen atoms in total. The molecule has 1 fully saturated rings. The first-order chi connectivity index (χ1) is 19.2. The summed E-state index contributed by atoms with van der Waals surface area (Å²) in [6.07, 6.45) is 4.74. The van der Waals surface area contributed by atoms with Gasteiger partial charge in [-0.1, -0.05) is 67.8 Å². The first-order valence-corrected chi connectivity index (χ1v) is 14.8. The molecule has 1 N–H and O–H groups in total. The van der Waals surface area contributed by atoms with Crippen LogP contribution in [0, 0.1) is 11.6 Å². The van der Waals surface area contributed by atoms with E-state index in [0.717, 1.165) is 43.1 Å². The Hall–Kier alpha value is -3.79. The highest BCUT2D eigenvalue weighted by molar-refractivity contribution is 7.92. The predicted molar refractivity (Wildman–Crippen MR) is 149 cm³/mol. The number of hydrogen-bond donors (Lipinski definition) is 1. The van der Waals surface area contributed by atoms with E-state index in [9.17, 15) is 26.8 Å². The Morgan fingerprint density at radius 3 is 2.12 bits per heavy atom. The molecule has 1 atom stereocenters. The number of sulfonamides is 1. The third kappa shape index (κ3) is 6.85. The predicted octanol–water partition coefficient (Wildman–Crippen LogP) is 5.03. The highest BCUT2D eigenvalue weighted by atomic mass is 32.2. The summed E-state index contributed by atoms with van der Waals surface area (Å²) in [7, 11) is -4.38. The van der Waals surface area contributed by atoms with Crippen LogP contribution in [0.5, 0.6) is 0 Å². The smallest absolute Gasteiger partial charge is 0.264 e. The first kappa shape index (κ1) is 29.2. The molecule has 3 aromatic rings. The molecule has 0 heterocycles. The lowest BCUT2D eigenvalue weighted by atomic mass is 9.95. The van der Waals surface area contributed by atoms with Crippen LogP contribution in [0.2, 0.25) is 0 Å². The van der Waals surface area contributed by atoms with Crippen LogP contribution >= 0.6 is 0 Å². The van der Waals surface area contributed by atoms with Gasteiger partial charge in [-0.25, -0.2) is 17.2 Å². The van der Waals surface area contributed by atoms with Crippen molar-refractivity contribution in [3.63, 3.8) is 0 Å². The third-order valence-electron chi connectivity index (χ3n) is 7.15. The van der Waals surface area contributed by atoms with Crippen LogP contribution in [-0.4, -0.2) is 43.8 Å². The van der Waals surface area contributed by atoms with Crippen molar-refractivity contribution >= 4 is 27.5 Å². The van der Waals surface area contributed by atoms with Crippen molar-refractivity contribution in [3.05, 3.63) is 96.1 Å². The number of nitrogens with zero attached hydrogens (tertiary/aromatic N) is 2. The average Bonchev–Trinajstić information content (AvgIpc) is 2.96. The maximum atomic E-state index is 14.9. The van der Waals surface area contributed by atoms with Crippen molar-refractivity contribution in [3.8, 4) is 0 Å². The highest BCUT2D eigenvalue weighted by Gasteiger charge is 2.34. The fraction of sp³-hybridized carbons (Fsp3) is 0.333. The van der Waals surface area contributed by atoms with Crippen molar-refractivity contribution in [2.24, 2.45) is 0 Å². The van der Waals surface area contributed by atoms with Gasteiger partial charge in [-0.3, -0.25) is 13.9 Å². The van der Waals surface area contributed by atoms with Crippen LogP contribution in [0.4, 0.5) is 14.5 Å². The Balaban J connectivity index is 1.68. The third-order valence-corrected chi connectivity index (χ3v) is 8.92. The zero-order chi connectivity index (χ0) is 28.7. The van der Waals surface area contributed by atoms with Crippen molar-refractivity contribution in [1.82, 2.24) is 10.2 Å².